The first-order valence-electron chi connectivity index (χ1n) is 11.9. The van der Waals surface area contributed by atoms with Gasteiger partial charge in [-0.1, -0.05) is 12.8 Å². The fourth-order valence-electron chi connectivity index (χ4n) is 4.54. The number of esters is 1. The summed E-state index contributed by atoms with van der Waals surface area (Å²) in [6, 6.07) is 0. The lowest BCUT2D eigenvalue weighted by atomic mass is 9.96. The van der Waals surface area contributed by atoms with Crippen LogP contribution in [0.15, 0.2) is 0 Å². The maximum atomic E-state index is 14.2. The van der Waals surface area contributed by atoms with Gasteiger partial charge in [-0.25, -0.2) is 26.7 Å². The van der Waals surface area contributed by atoms with Crippen LogP contribution in [0.5, 0.6) is 0 Å². The number of hydrogen-bond donors (Lipinski definition) is 2. The number of nitrogens with one attached hydrogen (secondary N) is 2. The second-order valence-electron chi connectivity index (χ2n) is 8.94. The van der Waals surface area contributed by atoms with E-state index in [4.69, 9.17) is 17.0 Å². The molecule has 13 heteroatoms. The number of benzene rings is 1. The summed E-state index contributed by atoms with van der Waals surface area (Å²) in [6.45, 7) is 2.47. The van der Waals surface area contributed by atoms with Gasteiger partial charge in [-0.05, 0) is 57.3 Å². The first kappa shape index (κ1) is 28.0. The maximum Gasteiger partial charge on any atom is 0.341 e. The molecule has 0 atom stereocenters. The van der Waals surface area contributed by atoms with Crippen molar-refractivity contribution in [3.05, 3.63) is 62.0 Å². The van der Waals surface area contributed by atoms with Crippen LogP contribution in [0.1, 0.15) is 63.4 Å². The van der Waals surface area contributed by atoms with E-state index in [1.165, 1.54) is 18.4 Å². The number of carbonyl (C=O) groups excluding carboxylic acids is 1. The summed E-state index contributed by atoms with van der Waals surface area (Å²) in [5, 5.41) is 10.9. The van der Waals surface area contributed by atoms with E-state index in [1.54, 1.807) is 13.8 Å². The van der Waals surface area contributed by atoms with E-state index in [1.807, 2.05) is 0 Å². The summed E-state index contributed by atoms with van der Waals surface area (Å²) >= 11 is 6.92. The van der Waals surface area contributed by atoms with Crippen LogP contribution in [0.4, 0.5) is 32.6 Å². The highest BCUT2D eigenvalue weighted by Crippen LogP contribution is 2.38. The normalized spacial score (nSPS) is 13.5. The topological polar surface area (TPSA) is 68.2 Å². The van der Waals surface area contributed by atoms with Gasteiger partial charge in [-0.2, -0.15) is 5.10 Å². The first-order chi connectivity index (χ1) is 18.0. The molecular weight excluding hydrogens is 547 g/mol. The minimum atomic E-state index is -2.22. The average Bonchev–Trinajstić information content (AvgIpc) is 3.33. The molecule has 0 radical (unpaired) electrons. The molecule has 38 heavy (non-hydrogen) atoms. The van der Waals surface area contributed by atoms with Crippen LogP contribution < -0.4 is 10.6 Å². The molecule has 2 heterocycles. The monoisotopic (exact) mass is 572 g/mol. The zero-order valence-electron chi connectivity index (χ0n) is 20.9. The van der Waals surface area contributed by atoms with Gasteiger partial charge in [0.1, 0.15) is 5.00 Å². The Kier molecular flexibility index (Phi) is 8.36. The van der Waals surface area contributed by atoms with E-state index in [9.17, 15) is 26.7 Å². The highest BCUT2D eigenvalue weighted by molar-refractivity contribution is 7.80. The standard InChI is InChI=1S/C25H25F5N4O2S2/c1-11-22(12(2)34(33-11)10-14-17(26)19(28)21(30)20(29)18(14)27)31-25(37)32-23-16(24(35)36-3)13-8-6-4-5-7-9-15(13)38-23/h4-10H2,1-3H3,(H2,31,32,37). The second kappa shape index (κ2) is 11.4. The van der Waals surface area contributed by atoms with Crippen molar-refractivity contribution in [2.75, 3.05) is 17.7 Å². The molecule has 0 fully saturated rings. The summed E-state index contributed by atoms with van der Waals surface area (Å²) in [5.74, 6) is -10.5. The van der Waals surface area contributed by atoms with Crippen molar-refractivity contribution >= 4 is 45.3 Å². The molecule has 2 N–H and O–H groups in total. The molecule has 0 aliphatic heterocycles. The van der Waals surface area contributed by atoms with Gasteiger partial charge in [0.15, 0.2) is 28.4 Å². The Morgan fingerprint density at radius 3 is 2.21 bits per heavy atom. The van der Waals surface area contributed by atoms with Gasteiger partial charge in [-0.3, -0.25) is 4.68 Å². The zero-order chi connectivity index (χ0) is 27.7. The van der Waals surface area contributed by atoms with Crippen molar-refractivity contribution in [2.24, 2.45) is 0 Å². The number of thiophene rings is 1. The van der Waals surface area contributed by atoms with Gasteiger partial charge in [0.2, 0.25) is 5.82 Å². The number of rotatable bonds is 5. The van der Waals surface area contributed by atoms with Gasteiger partial charge in [-0.15, -0.1) is 11.3 Å². The van der Waals surface area contributed by atoms with Crippen LogP contribution in [0.3, 0.4) is 0 Å². The number of fused-ring (bicyclic) bond motifs is 1. The lowest BCUT2D eigenvalue weighted by Crippen LogP contribution is -2.21. The van der Waals surface area contributed by atoms with Gasteiger partial charge in [0.05, 0.1) is 41.9 Å². The third-order valence-corrected chi connectivity index (χ3v) is 7.93. The van der Waals surface area contributed by atoms with Crippen LogP contribution in [0.25, 0.3) is 0 Å². The Bertz CT molecular complexity index is 1390. The molecule has 4 rings (SSSR count). The molecule has 2 aromatic heterocycles. The lowest BCUT2D eigenvalue weighted by Gasteiger charge is -2.13. The smallest absolute Gasteiger partial charge is 0.341 e. The van der Waals surface area contributed by atoms with Crippen molar-refractivity contribution in [3.63, 3.8) is 0 Å². The minimum absolute atomic E-state index is 0.131. The largest absolute Gasteiger partial charge is 0.465 e. The maximum absolute atomic E-state index is 14.2. The summed E-state index contributed by atoms with van der Waals surface area (Å²) in [5.41, 5.74) is 1.53. The van der Waals surface area contributed by atoms with Crippen molar-refractivity contribution in [1.82, 2.24) is 9.78 Å². The summed E-state index contributed by atoms with van der Waals surface area (Å²) in [6.07, 6.45) is 5.83. The fourth-order valence-corrected chi connectivity index (χ4v) is 6.09. The van der Waals surface area contributed by atoms with E-state index in [0.29, 0.717) is 27.6 Å². The number of methoxy groups -OCH3 is 1. The van der Waals surface area contributed by atoms with E-state index < -0.39 is 47.2 Å². The molecule has 1 aromatic carbocycles. The summed E-state index contributed by atoms with van der Waals surface area (Å²) in [4.78, 5) is 13.8. The van der Waals surface area contributed by atoms with Crippen molar-refractivity contribution in [2.45, 2.75) is 58.9 Å². The van der Waals surface area contributed by atoms with Crippen molar-refractivity contribution in [3.8, 4) is 0 Å². The van der Waals surface area contributed by atoms with Crippen LogP contribution in [0.2, 0.25) is 0 Å². The highest BCUT2D eigenvalue weighted by Gasteiger charge is 2.28. The van der Waals surface area contributed by atoms with Gasteiger partial charge >= 0.3 is 5.97 Å². The number of hydrogen-bond acceptors (Lipinski definition) is 5. The van der Waals surface area contributed by atoms with E-state index in [0.717, 1.165) is 53.6 Å². The molecule has 0 unspecified atom stereocenters. The first-order valence-corrected chi connectivity index (χ1v) is 13.1. The molecular formula is C25H25F5N4O2S2. The number of halogens is 5. The Labute approximate surface area is 225 Å². The highest BCUT2D eigenvalue weighted by atomic mass is 32.1. The SMILES string of the molecule is COC(=O)c1c(NC(=S)Nc2c(C)nn(Cc3c(F)c(F)c(F)c(F)c3F)c2C)sc2c1CCCCCC2. The quantitative estimate of drug-likeness (QED) is 0.119. The molecule has 0 spiro atoms. The number of aryl methyl sites for hydroxylation is 2. The Morgan fingerprint density at radius 1 is 0.974 bits per heavy atom. The molecule has 1 aliphatic carbocycles. The molecule has 0 saturated carbocycles. The summed E-state index contributed by atoms with van der Waals surface area (Å²) < 4.78 is 75.3. The third kappa shape index (κ3) is 5.26. The van der Waals surface area contributed by atoms with Crippen LogP contribution in [-0.4, -0.2) is 28.0 Å². The lowest BCUT2D eigenvalue weighted by molar-refractivity contribution is 0.0601. The van der Waals surface area contributed by atoms with Gasteiger partial charge < -0.3 is 15.4 Å². The van der Waals surface area contributed by atoms with Crippen LogP contribution in [0, 0.1) is 42.9 Å². The molecule has 6 nitrogen and oxygen atoms in total. The van der Waals surface area contributed by atoms with E-state index in [2.05, 4.69) is 15.7 Å². The van der Waals surface area contributed by atoms with Gasteiger partial charge in [0.25, 0.3) is 0 Å². The Balaban J connectivity index is 1.59. The van der Waals surface area contributed by atoms with Gasteiger partial charge in [0, 0.05) is 4.88 Å². The number of ether oxygens (including phenoxy) is 1. The molecule has 1 aliphatic rings. The number of carbonyl (C=O) groups is 1. The zero-order valence-corrected chi connectivity index (χ0v) is 22.5. The number of nitrogens with zero attached hydrogens (tertiary/aromatic N) is 2. The Hall–Kier alpha value is -3.06. The summed E-state index contributed by atoms with van der Waals surface area (Å²) in [7, 11) is 1.32. The van der Waals surface area contributed by atoms with E-state index in [-0.39, 0.29) is 5.11 Å². The van der Waals surface area contributed by atoms with Crippen molar-refractivity contribution < 1.29 is 31.5 Å². The molecule has 0 bridgehead atoms. The van der Waals surface area contributed by atoms with Crippen LogP contribution in [-0.2, 0) is 24.1 Å². The number of aromatic nitrogens is 2. The third-order valence-electron chi connectivity index (χ3n) is 6.52. The second-order valence-corrected chi connectivity index (χ2v) is 10.5. The predicted molar refractivity (Wildman–Crippen MR) is 138 cm³/mol. The van der Waals surface area contributed by atoms with Crippen molar-refractivity contribution in [1.29, 1.82) is 0 Å². The Morgan fingerprint density at radius 2 is 1.58 bits per heavy atom. The predicted octanol–water partition coefficient (Wildman–Crippen LogP) is 6.56. The molecule has 3 aromatic rings. The van der Waals surface area contributed by atoms with E-state index >= 15 is 0 Å². The molecule has 204 valence electrons. The number of thiocarbonyl (C=S) groups is 1. The molecule has 0 amide bonds. The molecule has 0 saturated heterocycles. The average molecular weight is 573 g/mol. The number of anilines is 2. The fraction of sp³-hybridized carbons (Fsp3) is 0.400. The van der Waals surface area contributed by atoms with Crippen LogP contribution >= 0.6 is 23.6 Å². The minimum Gasteiger partial charge on any atom is -0.465 e.